The summed E-state index contributed by atoms with van der Waals surface area (Å²) in [6.07, 6.45) is 5.38. The number of thiazole rings is 1. The van der Waals surface area contributed by atoms with Crippen molar-refractivity contribution in [3.05, 3.63) is 35.2 Å². The van der Waals surface area contributed by atoms with Gasteiger partial charge in [-0.1, -0.05) is 12.8 Å². The molecule has 0 saturated heterocycles. The number of nitrogens with two attached hydrogens (primary N) is 2. The van der Waals surface area contributed by atoms with Crippen LogP contribution in [0, 0.1) is 5.82 Å². The topological polar surface area (TPSA) is 132 Å². The molecule has 2 atom stereocenters. The maximum absolute atomic E-state index is 14.6. The van der Waals surface area contributed by atoms with E-state index in [0.29, 0.717) is 11.3 Å². The van der Waals surface area contributed by atoms with Crippen molar-refractivity contribution < 1.29 is 9.18 Å². The Morgan fingerprint density at radius 1 is 1.21 bits per heavy atom. The summed E-state index contributed by atoms with van der Waals surface area (Å²) in [5, 5.41) is 6.11. The van der Waals surface area contributed by atoms with Crippen LogP contribution >= 0.6 is 11.3 Å². The average Bonchev–Trinajstić information content (AvgIpc) is 3.13. The maximum atomic E-state index is 14.6. The first-order valence-electron chi connectivity index (χ1n) is 9.00. The van der Waals surface area contributed by atoms with Crippen LogP contribution in [0.15, 0.2) is 23.8 Å². The van der Waals surface area contributed by atoms with E-state index in [1.807, 2.05) is 6.07 Å². The van der Waals surface area contributed by atoms with E-state index in [-0.39, 0.29) is 29.3 Å². The Morgan fingerprint density at radius 3 is 2.82 bits per heavy atom. The van der Waals surface area contributed by atoms with E-state index in [1.54, 1.807) is 11.7 Å². The van der Waals surface area contributed by atoms with Gasteiger partial charge in [0.25, 0.3) is 5.91 Å². The molecule has 1 aliphatic rings. The van der Waals surface area contributed by atoms with Crippen molar-refractivity contribution in [3.63, 3.8) is 0 Å². The molecular formula is C18H20FN7OS. The van der Waals surface area contributed by atoms with Crippen LogP contribution < -0.4 is 22.1 Å². The zero-order valence-corrected chi connectivity index (χ0v) is 15.8. The second-order valence-electron chi connectivity index (χ2n) is 6.80. The molecule has 3 aromatic rings. The summed E-state index contributed by atoms with van der Waals surface area (Å²) in [6.45, 7) is 0. The second-order valence-corrected chi connectivity index (χ2v) is 7.69. The largest absolute Gasteiger partial charge is 0.365 e. The Kier molecular flexibility index (Phi) is 5.05. The second kappa shape index (κ2) is 7.64. The molecule has 8 nitrogen and oxygen atoms in total. The lowest BCUT2D eigenvalue weighted by Crippen LogP contribution is -2.43. The van der Waals surface area contributed by atoms with E-state index >= 15 is 0 Å². The minimum atomic E-state index is -0.776. The highest BCUT2D eigenvalue weighted by atomic mass is 32.1. The fourth-order valence-corrected chi connectivity index (χ4v) is 4.02. The van der Waals surface area contributed by atoms with Crippen molar-refractivity contribution in [1.82, 2.24) is 15.0 Å². The van der Waals surface area contributed by atoms with Gasteiger partial charge in [-0.3, -0.25) is 4.79 Å². The van der Waals surface area contributed by atoms with E-state index in [1.165, 1.54) is 11.3 Å². The predicted octanol–water partition coefficient (Wildman–Crippen LogP) is 2.75. The average molecular weight is 401 g/mol. The van der Waals surface area contributed by atoms with Crippen LogP contribution in [0.2, 0.25) is 0 Å². The molecule has 4 rings (SSSR count). The van der Waals surface area contributed by atoms with E-state index < -0.39 is 11.7 Å². The molecular weight excluding hydrogens is 381 g/mol. The molecule has 1 amide bonds. The maximum Gasteiger partial charge on any atom is 0.252 e. The van der Waals surface area contributed by atoms with Crippen LogP contribution in [-0.2, 0) is 0 Å². The van der Waals surface area contributed by atoms with Gasteiger partial charge in [-0.05, 0) is 25.0 Å². The number of nitrogens with one attached hydrogen (secondary N) is 2. The van der Waals surface area contributed by atoms with Crippen molar-refractivity contribution in [2.75, 3.05) is 10.6 Å². The molecule has 1 fully saturated rings. The van der Waals surface area contributed by atoms with Crippen LogP contribution in [0.3, 0.4) is 0 Å². The number of halogens is 1. The molecule has 0 aromatic carbocycles. The molecule has 146 valence electrons. The third kappa shape index (κ3) is 3.73. The predicted molar refractivity (Wildman–Crippen MR) is 107 cm³/mol. The molecule has 10 heteroatoms. The SMILES string of the molecule is NC(=O)c1cc(F)c(NC2CCCCC2N)nc1Nc1cnc2ncsc2c1. The smallest absolute Gasteiger partial charge is 0.252 e. The molecule has 1 saturated carbocycles. The third-order valence-electron chi connectivity index (χ3n) is 4.83. The number of pyridine rings is 2. The molecule has 0 aliphatic heterocycles. The number of carbonyl (C=O) groups is 1. The highest BCUT2D eigenvalue weighted by Gasteiger charge is 2.24. The zero-order valence-electron chi connectivity index (χ0n) is 15.0. The molecule has 2 unspecified atom stereocenters. The normalized spacial score (nSPS) is 19.5. The summed E-state index contributed by atoms with van der Waals surface area (Å²) in [4.78, 5) is 24.5. The summed E-state index contributed by atoms with van der Waals surface area (Å²) >= 11 is 1.44. The Labute approximate surface area is 164 Å². The summed E-state index contributed by atoms with van der Waals surface area (Å²) in [7, 11) is 0. The number of hydrogen-bond donors (Lipinski definition) is 4. The first kappa shape index (κ1) is 18.5. The van der Waals surface area contributed by atoms with Gasteiger partial charge in [0, 0.05) is 12.1 Å². The lowest BCUT2D eigenvalue weighted by Gasteiger charge is -2.30. The number of nitrogens with zero attached hydrogens (tertiary/aromatic N) is 3. The van der Waals surface area contributed by atoms with Crippen molar-refractivity contribution >= 4 is 44.9 Å². The first-order chi connectivity index (χ1) is 13.5. The van der Waals surface area contributed by atoms with Crippen LogP contribution in [0.5, 0.6) is 0 Å². The zero-order chi connectivity index (χ0) is 19.7. The molecule has 0 radical (unpaired) electrons. The Hall–Kier alpha value is -2.85. The highest BCUT2D eigenvalue weighted by Crippen LogP contribution is 2.28. The van der Waals surface area contributed by atoms with Gasteiger partial charge in [-0.15, -0.1) is 11.3 Å². The number of hydrogen-bond acceptors (Lipinski definition) is 8. The van der Waals surface area contributed by atoms with E-state index in [9.17, 15) is 9.18 Å². The number of rotatable bonds is 5. The summed E-state index contributed by atoms with van der Waals surface area (Å²) in [5.41, 5.74) is 14.4. The summed E-state index contributed by atoms with van der Waals surface area (Å²) in [6, 6.07) is 2.78. The van der Waals surface area contributed by atoms with E-state index in [2.05, 4.69) is 25.6 Å². The Morgan fingerprint density at radius 2 is 2.04 bits per heavy atom. The van der Waals surface area contributed by atoms with E-state index in [4.69, 9.17) is 11.5 Å². The number of primary amides is 1. The fraction of sp³-hybridized carbons (Fsp3) is 0.333. The lowest BCUT2D eigenvalue weighted by atomic mass is 9.91. The highest BCUT2D eigenvalue weighted by molar-refractivity contribution is 7.16. The van der Waals surface area contributed by atoms with Gasteiger partial charge < -0.3 is 22.1 Å². The van der Waals surface area contributed by atoms with Gasteiger partial charge in [0.15, 0.2) is 17.3 Å². The standard InChI is InChI=1S/C18H20FN7OS/c19-11-6-10(15(21)27)16(24-9-5-14-18(22-7-9)23-8-28-14)26-17(11)25-13-4-2-1-3-12(13)20/h5-8,12-13H,1-4,20H2,(H2,21,27)(H2,24,25,26). The summed E-state index contributed by atoms with van der Waals surface area (Å²) < 4.78 is 15.4. The van der Waals surface area contributed by atoms with Crippen LogP contribution in [0.1, 0.15) is 36.0 Å². The minimum absolute atomic E-state index is 0.0413. The lowest BCUT2D eigenvalue weighted by molar-refractivity contribution is 0.100. The van der Waals surface area contributed by atoms with Gasteiger partial charge in [0.1, 0.15) is 5.82 Å². The van der Waals surface area contributed by atoms with E-state index in [0.717, 1.165) is 36.4 Å². The molecule has 1 aliphatic carbocycles. The number of anilines is 3. The van der Waals surface area contributed by atoms with Crippen molar-refractivity contribution in [2.45, 2.75) is 37.8 Å². The van der Waals surface area contributed by atoms with Crippen LogP contribution in [0.4, 0.5) is 21.7 Å². The van der Waals surface area contributed by atoms with Crippen molar-refractivity contribution in [1.29, 1.82) is 0 Å². The van der Waals surface area contributed by atoms with Gasteiger partial charge in [0.2, 0.25) is 0 Å². The van der Waals surface area contributed by atoms with Crippen molar-refractivity contribution in [3.8, 4) is 0 Å². The summed E-state index contributed by atoms with van der Waals surface area (Å²) in [5.74, 6) is -1.22. The molecule has 0 bridgehead atoms. The van der Waals surface area contributed by atoms with Crippen LogP contribution in [-0.4, -0.2) is 32.9 Å². The van der Waals surface area contributed by atoms with Gasteiger partial charge in [0.05, 0.1) is 27.7 Å². The Balaban J connectivity index is 1.66. The first-order valence-corrected chi connectivity index (χ1v) is 9.88. The number of fused-ring (bicyclic) bond motifs is 1. The number of carbonyl (C=O) groups excluding carboxylic acids is 1. The molecule has 3 aromatic heterocycles. The van der Waals surface area contributed by atoms with Crippen LogP contribution in [0.25, 0.3) is 10.3 Å². The molecule has 0 spiro atoms. The monoisotopic (exact) mass is 401 g/mol. The molecule has 3 heterocycles. The van der Waals surface area contributed by atoms with Gasteiger partial charge in [-0.2, -0.15) is 0 Å². The third-order valence-corrected chi connectivity index (χ3v) is 5.60. The number of aromatic nitrogens is 3. The fourth-order valence-electron chi connectivity index (χ4n) is 3.35. The van der Waals surface area contributed by atoms with Crippen molar-refractivity contribution in [2.24, 2.45) is 11.5 Å². The molecule has 6 N–H and O–H groups in total. The Bertz CT molecular complexity index is 1020. The van der Waals surface area contributed by atoms with Gasteiger partial charge >= 0.3 is 0 Å². The quantitative estimate of drug-likeness (QED) is 0.517. The van der Waals surface area contributed by atoms with Gasteiger partial charge in [-0.25, -0.2) is 19.3 Å². The molecule has 28 heavy (non-hydrogen) atoms. The minimum Gasteiger partial charge on any atom is -0.365 e. The number of amides is 1.